The number of nitrogens with zero attached hydrogens (tertiary/aromatic N) is 1. The maximum atomic E-state index is 4.57. The van der Waals surface area contributed by atoms with Crippen LogP contribution in [0.4, 0.5) is 0 Å². The van der Waals surface area contributed by atoms with Gasteiger partial charge in [-0.15, -0.1) is 11.3 Å². The van der Waals surface area contributed by atoms with Crippen molar-refractivity contribution in [2.24, 2.45) is 0 Å². The van der Waals surface area contributed by atoms with Crippen LogP contribution in [0.1, 0.15) is 0 Å². The lowest BCUT2D eigenvalue weighted by Gasteiger charge is -1.93. The molecule has 3 aromatic rings. The summed E-state index contributed by atoms with van der Waals surface area (Å²) in [4.78, 5) is 5.68. The zero-order chi connectivity index (χ0) is 10.8. The van der Waals surface area contributed by atoms with Gasteiger partial charge in [0.25, 0.3) is 0 Å². The minimum atomic E-state index is 1.07. The summed E-state index contributed by atoms with van der Waals surface area (Å²) < 4.78 is 2.31. The number of para-hydroxylation sites is 1. The van der Waals surface area contributed by atoms with Crippen molar-refractivity contribution in [1.82, 2.24) is 4.98 Å². The highest BCUT2D eigenvalue weighted by molar-refractivity contribution is 8.01. The monoisotopic (exact) mass is 242 g/mol. The molecule has 0 fully saturated rings. The molecule has 0 saturated carbocycles. The number of hydrogen-bond donors (Lipinski definition) is 0. The maximum absolute atomic E-state index is 4.57. The average molecular weight is 242 g/mol. The topological polar surface area (TPSA) is 12.9 Å². The molecule has 1 nitrogen and oxygen atoms in total. The highest BCUT2D eigenvalue weighted by Gasteiger charge is 2.04. The van der Waals surface area contributed by atoms with Gasteiger partial charge in [0.05, 0.1) is 10.2 Å². The predicted molar refractivity (Wildman–Crippen MR) is 69.0 cm³/mol. The molecule has 1 aromatic heterocycles. The number of thiazole rings is 1. The molecule has 3 heteroatoms. The van der Waals surface area contributed by atoms with Crippen LogP contribution in [0, 0.1) is 6.07 Å². The smallest absolute Gasteiger partial charge is 0.155 e. The van der Waals surface area contributed by atoms with E-state index in [1.165, 1.54) is 4.70 Å². The van der Waals surface area contributed by atoms with Crippen molar-refractivity contribution >= 4 is 33.3 Å². The van der Waals surface area contributed by atoms with Crippen LogP contribution in [-0.4, -0.2) is 4.98 Å². The molecule has 0 bridgehead atoms. The fourth-order valence-electron chi connectivity index (χ4n) is 1.43. The molecular weight excluding hydrogens is 234 g/mol. The van der Waals surface area contributed by atoms with Gasteiger partial charge in [-0.05, 0) is 24.3 Å². The van der Waals surface area contributed by atoms with Gasteiger partial charge in [0.1, 0.15) is 0 Å². The van der Waals surface area contributed by atoms with Crippen LogP contribution in [0.2, 0.25) is 0 Å². The Hall–Kier alpha value is -1.32. The van der Waals surface area contributed by atoms with Gasteiger partial charge in [0.2, 0.25) is 0 Å². The maximum Gasteiger partial charge on any atom is 0.155 e. The van der Waals surface area contributed by atoms with Crippen LogP contribution in [0.25, 0.3) is 10.2 Å². The molecule has 0 spiro atoms. The molecule has 0 amide bonds. The lowest BCUT2D eigenvalue weighted by molar-refractivity contribution is 1.29. The van der Waals surface area contributed by atoms with Crippen molar-refractivity contribution in [3.63, 3.8) is 0 Å². The van der Waals surface area contributed by atoms with E-state index in [0.29, 0.717) is 0 Å². The summed E-state index contributed by atoms with van der Waals surface area (Å²) in [5, 5.41) is 0. The minimum Gasteiger partial charge on any atom is -0.229 e. The second-order valence-electron chi connectivity index (χ2n) is 3.28. The Bertz CT molecular complexity index is 568. The third-order valence-electron chi connectivity index (χ3n) is 2.15. The highest BCUT2D eigenvalue weighted by atomic mass is 32.2. The van der Waals surface area contributed by atoms with Crippen LogP contribution < -0.4 is 0 Å². The molecule has 1 heterocycles. The summed E-state index contributed by atoms with van der Waals surface area (Å²) in [6.07, 6.45) is 0. The summed E-state index contributed by atoms with van der Waals surface area (Å²) in [6, 6.07) is 19.4. The number of rotatable bonds is 2. The summed E-state index contributed by atoms with van der Waals surface area (Å²) in [7, 11) is 0. The Morgan fingerprint density at radius 2 is 1.94 bits per heavy atom. The van der Waals surface area contributed by atoms with Gasteiger partial charge >= 0.3 is 0 Å². The molecule has 0 unspecified atom stereocenters. The Balaban J connectivity index is 1.95. The van der Waals surface area contributed by atoms with E-state index in [0.717, 1.165) is 14.8 Å². The van der Waals surface area contributed by atoms with Gasteiger partial charge in [-0.25, -0.2) is 4.98 Å². The Labute approximate surface area is 102 Å². The van der Waals surface area contributed by atoms with Crippen LogP contribution in [0.3, 0.4) is 0 Å². The standard InChI is InChI=1S/C13H8NS2/c1-2-6-10(7-3-1)15-13-14-11-8-4-5-9-12(11)16-13/h1-6,8-9H. The average Bonchev–Trinajstić information content (AvgIpc) is 2.72. The quantitative estimate of drug-likeness (QED) is 0.666. The normalized spacial score (nSPS) is 10.8. The second kappa shape index (κ2) is 4.28. The lowest BCUT2D eigenvalue weighted by Crippen LogP contribution is -1.71. The first kappa shape index (κ1) is 9.87. The van der Waals surface area contributed by atoms with Crippen LogP contribution in [-0.2, 0) is 0 Å². The van der Waals surface area contributed by atoms with E-state index in [1.807, 2.05) is 36.4 Å². The molecule has 0 saturated heterocycles. The van der Waals surface area contributed by atoms with Crippen molar-refractivity contribution < 1.29 is 0 Å². The third kappa shape index (κ3) is 1.96. The second-order valence-corrected chi connectivity index (χ2v) is 5.60. The van der Waals surface area contributed by atoms with Crippen molar-refractivity contribution in [1.29, 1.82) is 0 Å². The van der Waals surface area contributed by atoms with Crippen molar-refractivity contribution in [3.8, 4) is 0 Å². The molecule has 3 rings (SSSR count). The number of benzene rings is 2. The Morgan fingerprint density at radius 3 is 2.75 bits per heavy atom. The van der Waals surface area contributed by atoms with E-state index < -0.39 is 0 Å². The first-order valence-electron chi connectivity index (χ1n) is 4.92. The molecule has 16 heavy (non-hydrogen) atoms. The third-order valence-corrected chi connectivity index (χ3v) is 4.22. The molecule has 77 valence electrons. The summed E-state index contributed by atoms with van der Waals surface area (Å²) in [5.41, 5.74) is 1.07. The predicted octanol–water partition coefficient (Wildman–Crippen LogP) is 4.25. The van der Waals surface area contributed by atoms with Crippen LogP contribution >= 0.6 is 23.1 Å². The molecular formula is C13H8NS2. The van der Waals surface area contributed by atoms with Crippen LogP contribution in [0.15, 0.2) is 57.8 Å². The molecule has 0 atom stereocenters. The largest absolute Gasteiger partial charge is 0.229 e. The van der Waals surface area contributed by atoms with Gasteiger partial charge in [-0.2, -0.15) is 0 Å². The summed E-state index contributed by atoms with van der Waals surface area (Å²) in [6.45, 7) is 0. The summed E-state index contributed by atoms with van der Waals surface area (Å²) >= 11 is 3.39. The SMILES string of the molecule is [c]1ccccc1Sc1nc2ccccc2s1. The number of fused-ring (bicyclic) bond motifs is 1. The van der Waals surface area contributed by atoms with Gasteiger partial charge < -0.3 is 0 Å². The lowest BCUT2D eigenvalue weighted by atomic mass is 10.3. The van der Waals surface area contributed by atoms with E-state index in [4.69, 9.17) is 0 Å². The first-order chi connectivity index (χ1) is 7.92. The van der Waals surface area contributed by atoms with Gasteiger partial charge in [-0.1, -0.05) is 42.1 Å². The van der Waals surface area contributed by atoms with E-state index in [2.05, 4.69) is 23.2 Å². The van der Waals surface area contributed by atoms with Crippen LogP contribution in [0.5, 0.6) is 0 Å². The highest BCUT2D eigenvalue weighted by Crippen LogP contribution is 2.33. The first-order valence-corrected chi connectivity index (χ1v) is 6.55. The van der Waals surface area contributed by atoms with E-state index in [9.17, 15) is 0 Å². The fraction of sp³-hybridized carbons (Fsp3) is 0. The number of hydrogen-bond acceptors (Lipinski definition) is 3. The molecule has 0 aliphatic rings. The molecule has 0 aliphatic heterocycles. The van der Waals surface area contributed by atoms with Gasteiger partial charge in [-0.3, -0.25) is 0 Å². The Kier molecular flexibility index (Phi) is 2.64. The molecule has 2 aromatic carbocycles. The van der Waals surface area contributed by atoms with E-state index in [1.54, 1.807) is 23.1 Å². The fourth-order valence-corrected chi connectivity index (χ4v) is 3.44. The van der Waals surface area contributed by atoms with Gasteiger partial charge in [0.15, 0.2) is 4.34 Å². The summed E-state index contributed by atoms with van der Waals surface area (Å²) in [5.74, 6) is 0. The zero-order valence-electron chi connectivity index (χ0n) is 8.38. The number of aromatic nitrogens is 1. The van der Waals surface area contributed by atoms with E-state index in [-0.39, 0.29) is 0 Å². The minimum absolute atomic E-state index is 1.07. The molecule has 1 radical (unpaired) electrons. The van der Waals surface area contributed by atoms with Crippen molar-refractivity contribution in [2.45, 2.75) is 9.24 Å². The van der Waals surface area contributed by atoms with Crippen molar-refractivity contribution in [2.75, 3.05) is 0 Å². The molecule has 0 aliphatic carbocycles. The van der Waals surface area contributed by atoms with E-state index >= 15 is 0 Å². The Morgan fingerprint density at radius 1 is 1.06 bits per heavy atom. The van der Waals surface area contributed by atoms with Crippen molar-refractivity contribution in [3.05, 3.63) is 54.6 Å². The van der Waals surface area contributed by atoms with Gasteiger partial charge in [0, 0.05) is 4.90 Å². The molecule has 0 N–H and O–H groups in total. The zero-order valence-corrected chi connectivity index (χ0v) is 10.0.